The molecule has 1 unspecified atom stereocenters. The summed E-state index contributed by atoms with van der Waals surface area (Å²) in [5.74, 6) is -1.80. The third-order valence-corrected chi connectivity index (χ3v) is 5.22. The summed E-state index contributed by atoms with van der Waals surface area (Å²) in [6.07, 6.45) is -0.238. The topological polar surface area (TPSA) is 108 Å². The van der Waals surface area contributed by atoms with Crippen LogP contribution in [0.2, 0.25) is 0 Å². The van der Waals surface area contributed by atoms with Gasteiger partial charge in [-0.1, -0.05) is 0 Å². The number of rotatable bonds is 8. The molecular weight excluding hydrogens is 400 g/mol. The quantitative estimate of drug-likeness (QED) is 0.492. The van der Waals surface area contributed by atoms with Crippen molar-refractivity contribution in [2.45, 2.75) is 39.3 Å². The molecule has 24 heavy (non-hydrogen) atoms. The van der Waals surface area contributed by atoms with E-state index in [2.05, 4.69) is 21.2 Å². The normalized spacial score (nSPS) is 13.0. The lowest BCUT2D eigenvalue weighted by Gasteiger charge is -2.27. The number of carbonyl (C=O) groups excluding carboxylic acids is 3. The van der Waals surface area contributed by atoms with E-state index in [0.717, 1.165) is 9.35 Å². The SMILES string of the molecule is CCOC(=O)CCC(N)(NC(=O)c1cc(C)c(Br)s1)C(=O)OCC. The zero-order valence-electron chi connectivity index (χ0n) is 13.8. The summed E-state index contributed by atoms with van der Waals surface area (Å²) in [6, 6.07) is 1.68. The van der Waals surface area contributed by atoms with E-state index in [1.165, 1.54) is 11.3 Å². The molecule has 134 valence electrons. The Balaban J connectivity index is 2.89. The Morgan fingerprint density at radius 3 is 2.42 bits per heavy atom. The van der Waals surface area contributed by atoms with Crippen LogP contribution in [0.15, 0.2) is 9.85 Å². The molecule has 0 saturated heterocycles. The number of hydrogen-bond acceptors (Lipinski definition) is 7. The summed E-state index contributed by atoms with van der Waals surface area (Å²) in [7, 11) is 0. The molecular formula is C15H21BrN2O5S. The fraction of sp³-hybridized carbons (Fsp3) is 0.533. The molecule has 0 aliphatic heterocycles. The number of amides is 1. The van der Waals surface area contributed by atoms with Gasteiger partial charge in [-0.25, -0.2) is 4.79 Å². The molecule has 0 aliphatic carbocycles. The number of halogens is 1. The largest absolute Gasteiger partial charge is 0.466 e. The third-order valence-electron chi connectivity index (χ3n) is 3.09. The van der Waals surface area contributed by atoms with Crippen molar-refractivity contribution in [1.82, 2.24) is 5.32 Å². The van der Waals surface area contributed by atoms with Gasteiger partial charge in [-0.05, 0) is 48.3 Å². The van der Waals surface area contributed by atoms with E-state index in [-0.39, 0.29) is 26.1 Å². The minimum Gasteiger partial charge on any atom is -0.466 e. The van der Waals surface area contributed by atoms with Gasteiger partial charge in [-0.2, -0.15) is 0 Å². The van der Waals surface area contributed by atoms with Crippen molar-refractivity contribution in [2.75, 3.05) is 13.2 Å². The molecule has 3 N–H and O–H groups in total. The lowest BCUT2D eigenvalue weighted by molar-refractivity contribution is -0.152. The highest BCUT2D eigenvalue weighted by Gasteiger charge is 2.38. The fourth-order valence-electron chi connectivity index (χ4n) is 1.84. The van der Waals surface area contributed by atoms with E-state index < -0.39 is 23.5 Å². The lowest BCUT2D eigenvalue weighted by Crippen LogP contribution is -2.62. The maximum absolute atomic E-state index is 12.4. The van der Waals surface area contributed by atoms with Crippen LogP contribution in [0, 0.1) is 6.92 Å². The van der Waals surface area contributed by atoms with Gasteiger partial charge in [0.2, 0.25) is 0 Å². The molecule has 1 amide bonds. The van der Waals surface area contributed by atoms with Gasteiger partial charge in [-0.15, -0.1) is 11.3 Å². The van der Waals surface area contributed by atoms with Gasteiger partial charge in [0, 0.05) is 12.8 Å². The first kappa shape index (κ1) is 20.6. The fourth-order valence-corrected chi connectivity index (χ4v) is 3.27. The number of nitrogens with two attached hydrogens (primary N) is 1. The summed E-state index contributed by atoms with van der Waals surface area (Å²) in [4.78, 5) is 36.5. The Morgan fingerprint density at radius 2 is 1.92 bits per heavy atom. The zero-order valence-corrected chi connectivity index (χ0v) is 16.2. The standard InChI is InChI=1S/C15H21BrN2O5S/c1-4-22-11(19)6-7-15(17,14(21)23-5-2)18-13(20)10-8-9(3)12(16)24-10/h8H,4-7,17H2,1-3H3,(H,18,20). The van der Waals surface area contributed by atoms with Crippen LogP contribution in [0.4, 0.5) is 0 Å². The molecule has 0 radical (unpaired) electrons. The predicted octanol–water partition coefficient (Wildman–Crippen LogP) is 2.11. The maximum atomic E-state index is 12.4. The van der Waals surface area contributed by atoms with Crippen molar-refractivity contribution >= 4 is 45.1 Å². The highest BCUT2D eigenvalue weighted by atomic mass is 79.9. The molecule has 1 heterocycles. The van der Waals surface area contributed by atoms with E-state index in [1.54, 1.807) is 19.9 Å². The van der Waals surface area contributed by atoms with E-state index in [0.29, 0.717) is 4.88 Å². The smallest absolute Gasteiger partial charge is 0.346 e. The number of hydrogen-bond donors (Lipinski definition) is 2. The average Bonchev–Trinajstić information content (AvgIpc) is 2.85. The summed E-state index contributed by atoms with van der Waals surface area (Å²) < 4.78 is 10.6. The summed E-state index contributed by atoms with van der Waals surface area (Å²) in [6.45, 7) is 5.49. The van der Waals surface area contributed by atoms with Gasteiger partial charge >= 0.3 is 11.9 Å². The molecule has 0 saturated carbocycles. The number of nitrogens with one attached hydrogen (secondary N) is 1. The number of ether oxygens (including phenoxy) is 2. The van der Waals surface area contributed by atoms with Gasteiger partial charge in [0.15, 0.2) is 5.66 Å². The molecule has 0 fully saturated rings. The summed E-state index contributed by atoms with van der Waals surface area (Å²) in [5, 5.41) is 2.48. The second-order valence-electron chi connectivity index (χ2n) is 5.02. The first-order valence-electron chi connectivity index (χ1n) is 7.43. The van der Waals surface area contributed by atoms with E-state index >= 15 is 0 Å². The first-order chi connectivity index (χ1) is 11.2. The van der Waals surface area contributed by atoms with Crippen LogP contribution in [-0.2, 0) is 19.1 Å². The molecule has 0 bridgehead atoms. The Kier molecular flexibility index (Phi) is 7.85. The highest BCUT2D eigenvalue weighted by molar-refractivity contribution is 9.11. The van der Waals surface area contributed by atoms with Gasteiger partial charge < -0.3 is 14.8 Å². The summed E-state index contributed by atoms with van der Waals surface area (Å²) >= 11 is 4.57. The van der Waals surface area contributed by atoms with Crippen molar-refractivity contribution < 1.29 is 23.9 Å². The highest BCUT2D eigenvalue weighted by Crippen LogP contribution is 2.27. The number of aryl methyl sites for hydroxylation is 1. The van der Waals surface area contributed by atoms with Gasteiger partial charge in [0.25, 0.3) is 5.91 Å². The number of thiophene rings is 1. The molecule has 9 heteroatoms. The van der Waals surface area contributed by atoms with Crippen molar-refractivity contribution in [3.63, 3.8) is 0 Å². The Bertz CT molecular complexity index is 600. The van der Waals surface area contributed by atoms with Crippen LogP contribution in [0.1, 0.15) is 41.9 Å². The molecule has 0 aliphatic rings. The number of esters is 2. The van der Waals surface area contributed by atoms with Gasteiger partial charge in [0.1, 0.15) is 0 Å². The Labute approximate surface area is 153 Å². The molecule has 0 aromatic carbocycles. The molecule has 0 spiro atoms. The van der Waals surface area contributed by atoms with Crippen LogP contribution in [0.25, 0.3) is 0 Å². The van der Waals surface area contributed by atoms with Crippen LogP contribution in [-0.4, -0.2) is 36.7 Å². The monoisotopic (exact) mass is 420 g/mol. The molecule has 1 aromatic rings. The first-order valence-corrected chi connectivity index (χ1v) is 9.04. The molecule has 1 aromatic heterocycles. The Hall–Kier alpha value is -1.45. The second kappa shape index (κ2) is 9.14. The van der Waals surface area contributed by atoms with E-state index in [1.807, 2.05) is 6.92 Å². The van der Waals surface area contributed by atoms with Crippen molar-refractivity contribution in [2.24, 2.45) is 5.73 Å². The molecule has 1 atom stereocenters. The maximum Gasteiger partial charge on any atom is 0.346 e. The van der Waals surface area contributed by atoms with E-state index in [9.17, 15) is 14.4 Å². The lowest BCUT2D eigenvalue weighted by atomic mass is 10.0. The summed E-state index contributed by atoms with van der Waals surface area (Å²) in [5.41, 5.74) is 5.13. The van der Waals surface area contributed by atoms with Crippen LogP contribution < -0.4 is 11.1 Å². The second-order valence-corrected chi connectivity index (χ2v) is 7.39. The zero-order chi connectivity index (χ0) is 18.3. The van der Waals surface area contributed by atoms with Gasteiger partial charge in [0.05, 0.1) is 21.9 Å². The van der Waals surface area contributed by atoms with Crippen LogP contribution in [0.5, 0.6) is 0 Å². The minimum absolute atomic E-state index is 0.108. The average molecular weight is 421 g/mol. The minimum atomic E-state index is -1.80. The Morgan fingerprint density at radius 1 is 1.29 bits per heavy atom. The molecule has 1 rings (SSSR count). The van der Waals surface area contributed by atoms with Crippen molar-refractivity contribution in [1.29, 1.82) is 0 Å². The van der Waals surface area contributed by atoms with Crippen molar-refractivity contribution in [3.8, 4) is 0 Å². The van der Waals surface area contributed by atoms with Gasteiger partial charge in [-0.3, -0.25) is 15.3 Å². The van der Waals surface area contributed by atoms with Crippen LogP contribution in [0.3, 0.4) is 0 Å². The van der Waals surface area contributed by atoms with Crippen molar-refractivity contribution in [3.05, 3.63) is 20.3 Å². The van der Waals surface area contributed by atoms with Crippen LogP contribution >= 0.6 is 27.3 Å². The predicted molar refractivity (Wildman–Crippen MR) is 93.6 cm³/mol. The third kappa shape index (κ3) is 5.57. The number of carbonyl (C=O) groups is 3. The van der Waals surface area contributed by atoms with E-state index in [4.69, 9.17) is 15.2 Å². The molecule has 7 nitrogen and oxygen atoms in total.